The van der Waals surface area contributed by atoms with Gasteiger partial charge in [-0.15, -0.1) is 0 Å². The molecular formula is C11H10F3NO4. The Labute approximate surface area is 106 Å². The van der Waals surface area contributed by atoms with E-state index >= 15 is 0 Å². The van der Waals surface area contributed by atoms with E-state index in [1.807, 2.05) is 5.32 Å². The molecule has 0 saturated carbocycles. The number of rotatable bonds is 4. The fourth-order valence-corrected chi connectivity index (χ4v) is 1.26. The van der Waals surface area contributed by atoms with Crippen molar-refractivity contribution < 1.29 is 32.6 Å². The van der Waals surface area contributed by atoms with Crippen LogP contribution in [0.2, 0.25) is 0 Å². The molecule has 1 atom stereocenters. The van der Waals surface area contributed by atoms with Crippen molar-refractivity contribution in [2.75, 3.05) is 13.7 Å². The third-order valence-electron chi connectivity index (χ3n) is 2.16. The summed E-state index contributed by atoms with van der Waals surface area (Å²) in [4.78, 5) is 22.3. The lowest BCUT2D eigenvalue weighted by Crippen LogP contribution is -2.37. The number of hydrogen-bond donors (Lipinski definition) is 2. The van der Waals surface area contributed by atoms with Crippen LogP contribution in [-0.4, -0.2) is 36.7 Å². The van der Waals surface area contributed by atoms with Crippen molar-refractivity contribution in [3.8, 4) is 0 Å². The van der Waals surface area contributed by atoms with Gasteiger partial charge in [-0.05, 0) is 0 Å². The molecule has 8 heteroatoms. The monoisotopic (exact) mass is 277 g/mol. The van der Waals surface area contributed by atoms with Gasteiger partial charge in [-0.3, -0.25) is 4.79 Å². The number of aliphatic hydroxyl groups excluding tert-OH is 1. The largest absolute Gasteiger partial charge is 0.467 e. The van der Waals surface area contributed by atoms with Crippen LogP contribution in [0.5, 0.6) is 0 Å². The molecule has 1 amide bonds. The number of benzene rings is 1. The number of carbonyl (C=O) groups is 2. The molecule has 0 aromatic heterocycles. The third kappa shape index (κ3) is 3.68. The summed E-state index contributed by atoms with van der Waals surface area (Å²) in [5, 5.41) is 11.1. The van der Waals surface area contributed by atoms with E-state index in [-0.39, 0.29) is 0 Å². The summed E-state index contributed by atoms with van der Waals surface area (Å²) < 4.78 is 43.2. The van der Waals surface area contributed by atoms with E-state index < -0.39 is 47.5 Å². The highest BCUT2D eigenvalue weighted by atomic mass is 19.1. The SMILES string of the molecule is COC(=O)C(O)CNC(=O)c1c(F)cc(F)cc1F. The van der Waals surface area contributed by atoms with E-state index in [4.69, 9.17) is 5.11 Å². The average molecular weight is 277 g/mol. The van der Waals surface area contributed by atoms with Crippen LogP contribution in [-0.2, 0) is 9.53 Å². The van der Waals surface area contributed by atoms with Crippen molar-refractivity contribution in [2.45, 2.75) is 6.10 Å². The van der Waals surface area contributed by atoms with Crippen molar-refractivity contribution in [3.63, 3.8) is 0 Å². The number of halogens is 3. The predicted molar refractivity (Wildman–Crippen MR) is 56.7 cm³/mol. The highest BCUT2D eigenvalue weighted by Gasteiger charge is 2.21. The topological polar surface area (TPSA) is 75.6 Å². The minimum Gasteiger partial charge on any atom is -0.467 e. The second kappa shape index (κ2) is 6.19. The Hall–Kier alpha value is -2.09. The van der Waals surface area contributed by atoms with Crippen LogP contribution in [0, 0.1) is 17.5 Å². The zero-order valence-corrected chi connectivity index (χ0v) is 9.75. The van der Waals surface area contributed by atoms with Crippen molar-refractivity contribution in [1.82, 2.24) is 5.32 Å². The number of nitrogens with one attached hydrogen (secondary N) is 1. The number of ether oxygens (including phenoxy) is 1. The fourth-order valence-electron chi connectivity index (χ4n) is 1.26. The van der Waals surface area contributed by atoms with Crippen LogP contribution in [0.3, 0.4) is 0 Å². The minimum atomic E-state index is -1.67. The Kier molecular flexibility index (Phi) is 4.87. The van der Waals surface area contributed by atoms with Gasteiger partial charge in [0.25, 0.3) is 5.91 Å². The van der Waals surface area contributed by atoms with Crippen LogP contribution in [0.1, 0.15) is 10.4 Å². The van der Waals surface area contributed by atoms with Gasteiger partial charge in [0.1, 0.15) is 23.0 Å². The average Bonchev–Trinajstić information content (AvgIpc) is 2.33. The normalized spacial score (nSPS) is 11.8. The number of methoxy groups -OCH3 is 1. The van der Waals surface area contributed by atoms with Crippen LogP contribution in [0.15, 0.2) is 12.1 Å². The molecule has 1 aromatic rings. The van der Waals surface area contributed by atoms with E-state index in [9.17, 15) is 22.8 Å². The molecule has 104 valence electrons. The van der Waals surface area contributed by atoms with Crippen molar-refractivity contribution >= 4 is 11.9 Å². The summed E-state index contributed by atoms with van der Waals surface area (Å²) >= 11 is 0. The third-order valence-corrected chi connectivity index (χ3v) is 2.16. The molecule has 1 rings (SSSR count). The number of aliphatic hydroxyl groups is 1. The first-order valence-electron chi connectivity index (χ1n) is 5.05. The number of hydrogen-bond acceptors (Lipinski definition) is 4. The minimum absolute atomic E-state index is 0.342. The van der Waals surface area contributed by atoms with E-state index in [0.717, 1.165) is 7.11 Å². The van der Waals surface area contributed by atoms with E-state index in [1.54, 1.807) is 0 Å². The van der Waals surface area contributed by atoms with Crippen molar-refractivity contribution in [2.24, 2.45) is 0 Å². The summed E-state index contributed by atoms with van der Waals surface area (Å²) in [5.74, 6) is -6.18. The molecule has 0 bridgehead atoms. The van der Waals surface area contributed by atoms with Crippen molar-refractivity contribution in [3.05, 3.63) is 35.1 Å². The molecule has 0 heterocycles. The maximum Gasteiger partial charge on any atom is 0.336 e. The zero-order chi connectivity index (χ0) is 14.6. The first-order valence-corrected chi connectivity index (χ1v) is 5.05. The summed E-state index contributed by atoms with van der Waals surface area (Å²) in [6, 6.07) is 0.684. The molecule has 1 unspecified atom stereocenters. The van der Waals surface area contributed by atoms with Crippen LogP contribution < -0.4 is 5.32 Å². The molecule has 0 radical (unpaired) electrons. The summed E-state index contributed by atoms with van der Waals surface area (Å²) in [6.45, 7) is -0.595. The lowest BCUT2D eigenvalue weighted by atomic mass is 10.1. The zero-order valence-electron chi connectivity index (χ0n) is 9.75. The number of esters is 1. The standard InChI is InChI=1S/C11H10F3NO4/c1-19-11(18)8(16)4-15-10(17)9-6(13)2-5(12)3-7(9)14/h2-3,8,16H,4H2,1H3,(H,15,17). The van der Waals surface area contributed by atoms with Crippen molar-refractivity contribution in [1.29, 1.82) is 0 Å². The second-order valence-electron chi connectivity index (χ2n) is 3.49. The highest BCUT2D eigenvalue weighted by Crippen LogP contribution is 2.14. The lowest BCUT2D eigenvalue weighted by molar-refractivity contribution is -0.149. The van der Waals surface area contributed by atoms with Gasteiger partial charge in [-0.2, -0.15) is 0 Å². The van der Waals surface area contributed by atoms with E-state index in [1.165, 1.54) is 0 Å². The molecule has 0 spiro atoms. The second-order valence-corrected chi connectivity index (χ2v) is 3.49. The number of carbonyl (C=O) groups excluding carboxylic acids is 2. The van der Waals surface area contributed by atoms with Gasteiger partial charge >= 0.3 is 5.97 Å². The smallest absolute Gasteiger partial charge is 0.336 e. The van der Waals surface area contributed by atoms with E-state index in [0.29, 0.717) is 12.1 Å². The Morgan fingerprint density at radius 2 is 1.84 bits per heavy atom. The van der Waals surface area contributed by atoms with Gasteiger partial charge < -0.3 is 15.2 Å². The first-order chi connectivity index (χ1) is 8.86. The Bertz CT molecular complexity index is 484. The molecule has 19 heavy (non-hydrogen) atoms. The predicted octanol–water partition coefficient (Wildman–Crippen LogP) is 0.368. The van der Waals surface area contributed by atoms with Gasteiger partial charge in [-0.1, -0.05) is 0 Å². The fraction of sp³-hybridized carbons (Fsp3) is 0.273. The van der Waals surface area contributed by atoms with Gasteiger partial charge in [0.2, 0.25) is 0 Å². The molecule has 0 aliphatic carbocycles. The van der Waals surface area contributed by atoms with Gasteiger partial charge in [0.05, 0.1) is 13.7 Å². The summed E-state index contributed by atoms with van der Waals surface area (Å²) in [7, 11) is 1.02. The van der Waals surface area contributed by atoms with Crippen LogP contribution in [0.4, 0.5) is 13.2 Å². The molecule has 1 aromatic carbocycles. The van der Waals surface area contributed by atoms with Crippen LogP contribution in [0.25, 0.3) is 0 Å². The molecule has 0 aliphatic heterocycles. The molecule has 5 nitrogen and oxygen atoms in total. The summed E-state index contributed by atoms with van der Waals surface area (Å²) in [5.41, 5.74) is -1.00. The summed E-state index contributed by atoms with van der Waals surface area (Å²) in [6.07, 6.45) is -1.67. The molecule has 0 aliphatic rings. The maximum absolute atomic E-state index is 13.2. The van der Waals surface area contributed by atoms with Gasteiger partial charge in [-0.25, -0.2) is 18.0 Å². The van der Waals surface area contributed by atoms with E-state index in [2.05, 4.69) is 4.74 Å². The molecular weight excluding hydrogens is 267 g/mol. The molecule has 0 fully saturated rings. The quantitative estimate of drug-likeness (QED) is 0.780. The Morgan fingerprint density at radius 3 is 2.32 bits per heavy atom. The lowest BCUT2D eigenvalue weighted by Gasteiger charge is -2.10. The number of amides is 1. The first kappa shape index (κ1) is 15.0. The van der Waals surface area contributed by atoms with Gasteiger partial charge in [0, 0.05) is 12.1 Å². The molecule has 2 N–H and O–H groups in total. The molecule has 0 saturated heterocycles. The highest BCUT2D eigenvalue weighted by molar-refractivity contribution is 5.95. The maximum atomic E-state index is 13.2. The Balaban J connectivity index is 2.77. The van der Waals surface area contributed by atoms with Gasteiger partial charge in [0.15, 0.2) is 6.10 Å². The van der Waals surface area contributed by atoms with Crippen LogP contribution >= 0.6 is 0 Å². The Morgan fingerprint density at radius 1 is 1.32 bits per heavy atom.